The molecule has 0 saturated heterocycles. The summed E-state index contributed by atoms with van der Waals surface area (Å²) >= 11 is 7.84. The van der Waals surface area contributed by atoms with Crippen LogP contribution in [0.15, 0.2) is 0 Å². The maximum absolute atomic E-state index is 11.0. The second-order valence-corrected chi connectivity index (χ2v) is 4.51. The molecule has 0 radical (unpaired) electrons. The van der Waals surface area contributed by atoms with Crippen molar-refractivity contribution in [3.63, 3.8) is 0 Å². The SMILES string of the molecule is O=C(CCS)OCCOCCOCCOC(=O)CCS. The van der Waals surface area contributed by atoms with Gasteiger partial charge in [0.2, 0.25) is 0 Å². The van der Waals surface area contributed by atoms with Gasteiger partial charge in [0, 0.05) is 11.5 Å². The molecule has 20 heavy (non-hydrogen) atoms. The van der Waals surface area contributed by atoms with E-state index in [9.17, 15) is 9.59 Å². The number of hydrogen-bond acceptors (Lipinski definition) is 8. The number of hydrogen-bond donors (Lipinski definition) is 2. The van der Waals surface area contributed by atoms with Crippen molar-refractivity contribution in [2.24, 2.45) is 0 Å². The molecule has 0 aliphatic rings. The number of carbonyl (C=O) groups excluding carboxylic acids is 2. The summed E-state index contributed by atoms with van der Waals surface area (Å²) in [4.78, 5) is 21.9. The van der Waals surface area contributed by atoms with Gasteiger partial charge < -0.3 is 18.9 Å². The molecule has 0 aromatic heterocycles. The van der Waals surface area contributed by atoms with Gasteiger partial charge in [0.15, 0.2) is 0 Å². The third-order valence-electron chi connectivity index (χ3n) is 1.99. The normalized spacial score (nSPS) is 10.3. The van der Waals surface area contributed by atoms with Gasteiger partial charge in [-0.1, -0.05) is 0 Å². The Morgan fingerprint density at radius 3 is 1.35 bits per heavy atom. The van der Waals surface area contributed by atoms with Gasteiger partial charge in [0.25, 0.3) is 0 Å². The van der Waals surface area contributed by atoms with E-state index in [0.717, 1.165) is 0 Å². The maximum Gasteiger partial charge on any atom is 0.306 e. The topological polar surface area (TPSA) is 71.1 Å². The second kappa shape index (κ2) is 15.0. The lowest BCUT2D eigenvalue weighted by atomic mass is 10.5. The Balaban J connectivity index is 3.13. The van der Waals surface area contributed by atoms with Crippen molar-refractivity contribution in [2.75, 3.05) is 51.1 Å². The van der Waals surface area contributed by atoms with Crippen LogP contribution >= 0.6 is 25.3 Å². The summed E-state index contributed by atoms with van der Waals surface area (Å²) in [7, 11) is 0. The summed E-state index contributed by atoms with van der Waals surface area (Å²) in [6.45, 7) is 1.92. The summed E-state index contributed by atoms with van der Waals surface area (Å²) in [5.74, 6) is 0.406. The van der Waals surface area contributed by atoms with Crippen molar-refractivity contribution in [3.05, 3.63) is 0 Å². The molecule has 0 amide bonds. The molecular formula is C12H22O6S2. The Kier molecular flexibility index (Phi) is 14.6. The molecule has 0 rings (SSSR count). The highest BCUT2D eigenvalue weighted by Gasteiger charge is 2.01. The molecule has 0 aliphatic carbocycles. The molecule has 0 bridgehead atoms. The quantitative estimate of drug-likeness (QED) is 0.296. The average Bonchev–Trinajstić information content (AvgIpc) is 2.41. The molecule has 0 spiro atoms. The first-order valence-corrected chi connectivity index (χ1v) is 7.65. The standard InChI is InChI=1S/C12H22O6S2/c13-11(1-9-19)17-7-5-15-3-4-16-6-8-18-12(14)2-10-20/h19-20H,1-10H2. The highest BCUT2D eigenvalue weighted by atomic mass is 32.1. The highest BCUT2D eigenvalue weighted by molar-refractivity contribution is 7.80. The summed E-state index contributed by atoms with van der Waals surface area (Å²) in [5, 5.41) is 0. The van der Waals surface area contributed by atoms with Gasteiger partial charge in [-0.25, -0.2) is 0 Å². The number of ether oxygens (including phenoxy) is 4. The second-order valence-electron chi connectivity index (χ2n) is 3.61. The monoisotopic (exact) mass is 326 g/mol. The van der Waals surface area contributed by atoms with E-state index in [1.165, 1.54) is 0 Å². The Labute approximate surface area is 130 Å². The van der Waals surface area contributed by atoms with E-state index in [-0.39, 0.29) is 25.2 Å². The average molecular weight is 326 g/mol. The minimum Gasteiger partial charge on any atom is -0.463 e. The molecule has 0 aromatic carbocycles. The zero-order valence-electron chi connectivity index (χ0n) is 11.4. The largest absolute Gasteiger partial charge is 0.463 e. The molecule has 0 fully saturated rings. The molecule has 0 aromatic rings. The molecule has 0 saturated carbocycles. The van der Waals surface area contributed by atoms with Crippen LogP contribution in [0.3, 0.4) is 0 Å². The van der Waals surface area contributed by atoms with Crippen molar-refractivity contribution in [1.82, 2.24) is 0 Å². The van der Waals surface area contributed by atoms with Crippen LogP contribution < -0.4 is 0 Å². The third-order valence-corrected chi connectivity index (χ3v) is 2.43. The fourth-order valence-corrected chi connectivity index (χ4v) is 1.44. The van der Waals surface area contributed by atoms with Crippen LogP contribution in [0.5, 0.6) is 0 Å². The molecule has 0 unspecified atom stereocenters. The fraction of sp³-hybridized carbons (Fsp3) is 0.833. The van der Waals surface area contributed by atoms with Crippen LogP contribution in [0.4, 0.5) is 0 Å². The number of rotatable bonds is 13. The molecule has 8 heteroatoms. The van der Waals surface area contributed by atoms with Crippen molar-refractivity contribution >= 4 is 37.2 Å². The summed E-state index contributed by atoms with van der Waals surface area (Å²) in [6, 6.07) is 0. The minimum absolute atomic E-state index is 0.230. The van der Waals surface area contributed by atoms with Gasteiger partial charge in [-0.05, 0) is 0 Å². The van der Waals surface area contributed by atoms with E-state index in [0.29, 0.717) is 50.8 Å². The van der Waals surface area contributed by atoms with Crippen LogP contribution in [0.1, 0.15) is 12.8 Å². The van der Waals surface area contributed by atoms with Crippen LogP contribution in [-0.2, 0) is 28.5 Å². The molecule has 118 valence electrons. The Hall–Kier alpha value is -0.440. The van der Waals surface area contributed by atoms with E-state index in [1.807, 2.05) is 0 Å². The van der Waals surface area contributed by atoms with Crippen molar-refractivity contribution in [2.45, 2.75) is 12.8 Å². The Morgan fingerprint density at radius 1 is 0.650 bits per heavy atom. The third kappa shape index (κ3) is 14.0. The summed E-state index contributed by atoms with van der Waals surface area (Å²) < 4.78 is 20.1. The van der Waals surface area contributed by atoms with Crippen LogP contribution in [-0.4, -0.2) is 63.1 Å². The lowest BCUT2D eigenvalue weighted by Crippen LogP contribution is -2.15. The summed E-state index contributed by atoms with van der Waals surface area (Å²) in [6.07, 6.45) is 0.607. The van der Waals surface area contributed by atoms with E-state index < -0.39 is 0 Å². The highest BCUT2D eigenvalue weighted by Crippen LogP contribution is 1.90. The van der Waals surface area contributed by atoms with Crippen LogP contribution in [0.2, 0.25) is 0 Å². The van der Waals surface area contributed by atoms with Gasteiger partial charge in [0.1, 0.15) is 13.2 Å². The van der Waals surface area contributed by atoms with E-state index in [2.05, 4.69) is 25.3 Å². The Bertz CT molecular complexity index is 236. The van der Waals surface area contributed by atoms with Gasteiger partial charge in [0.05, 0.1) is 39.3 Å². The van der Waals surface area contributed by atoms with Gasteiger partial charge in [-0.3, -0.25) is 9.59 Å². The van der Waals surface area contributed by atoms with Crippen molar-refractivity contribution in [1.29, 1.82) is 0 Å². The predicted molar refractivity (Wildman–Crippen MR) is 80.5 cm³/mol. The zero-order chi connectivity index (χ0) is 15.1. The number of esters is 2. The van der Waals surface area contributed by atoms with Crippen LogP contribution in [0, 0.1) is 0 Å². The number of carbonyl (C=O) groups is 2. The first-order chi connectivity index (χ1) is 9.70. The van der Waals surface area contributed by atoms with Gasteiger partial charge in [-0.2, -0.15) is 25.3 Å². The zero-order valence-corrected chi connectivity index (χ0v) is 13.2. The first-order valence-electron chi connectivity index (χ1n) is 6.39. The predicted octanol–water partition coefficient (Wildman–Crippen LogP) is 0.746. The van der Waals surface area contributed by atoms with Gasteiger partial charge in [-0.15, -0.1) is 0 Å². The smallest absolute Gasteiger partial charge is 0.306 e. The molecule has 0 N–H and O–H groups in total. The van der Waals surface area contributed by atoms with Gasteiger partial charge >= 0.3 is 11.9 Å². The molecule has 0 heterocycles. The lowest BCUT2D eigenvalue weighted by molar-refractivity contribution is -0.146. The van der Waals surface area contributed by atoms with Crippen molar-refractivity contribution in [3.8, 4) is 0 Å². The fourth-order valence-electron chi connectivity index (χ4n) is 1.08. The molecule has 0 aliphatic heterocycles. The first kappa shape index (κ1) is 19.6. The lowest BCUT2D eigenvalue weighted by Gasteiger charge is -2.07. The summed E-state index contributed by atoms with van der Waals surface area (Å²) in [5.41, 5.74) is 0. The molecule has 6 nitrogen and oxygen atoms in total. The molecular weight excluding hydrogens is 304 g/mol. The van der Waals surface area contributed by atoms with E-state index in [4.69, 9.17) is 18.9 Å². The van der Waals surface area contributed by atoms with E-state index in [1.54, 1.807) is 0 Å². The minimum atomic E-state index is -0.275. The van der Waals surface area contributed by atoms with Crippen LogP contribution in [0.25, 0.3) is 0 Å². The number of thiol groups is 2. The van der Waals surface area contributed by atoms with E-state index >= 15 is 0 Å². The van der Waals surface area contributed by atoms with Crippen molar-refractivity contribution < 1.29 is 28.5 Å². The Morgan fingerprint density at radius 2 is 1.00 bits per heavy atom. The maximum atomic E-state index is 11.0. The molecule has 0 atom stereocenters.